The molecule has 162 valence electrons. The van der Waals surface area contributed by atoms with Crippen LogP contribution in [0.25, 0.3) is 0 Å². The van der Waals surface area contributed by atoms with Gasteiger partial charge in [0.25, 0.3) is 0 Å². The first-order valence-corrected chi connectivity index (χ1v) is 10.9. The molecular formula is C26H36N2O2. The lowest BCUT2D eigenvalue weighted by molar-refractivity contribution is -0.139. The maximum atomic E-state index is 13.1. The number of carbonyl (C=O) groups excluding carboxylic acids is 2. The predicted molar refractivity (Wildman–Crippen MR) is 123 cm³/mol. The van der Waals surface area contributed by atoms with E-state index >= 15 is 0 Å². The van der Waals surface area contributed by atoms with Crippen LogP contribution in [-0.2, 0) is 27.8 Å². The predicted octanol–water partition coefficient (Wildman–Crippen LogP) is 4.51. The van der Waals surface area contributed by atoms with Crippen LogP contribution in [0.1, 0.15) is 57.7 Å². The van der Waals surface area contributed by atoms with Gasteiger partial charge in [-0.1, -0.05) is 75.4 Å². The van der Waals surface area contributed by atoms with Crippen molar-refractivity contribution in [1.82, 2.24) is 10.2 Å². The fourth-order valence-electron chi connectivity index (χ4n) is 3.46. The second-order valence-electron chi connectivity index (χ2n) is 8.84. The summed E-state index contributed by atoms with van der Waals surface area (Å²) in [6, 6.07) is 18.1. The molecule has 0 saturated heterocycles. The molecule has 0 radical (unpaired) electrons. The zero-order valence-electron chi connectivity index (χ0n) is 19.1. The second kappa shape index (κ2) is 11.0. The minimum Gasteiger partial charge on any atom is -0.355 e. The van der Waals surface area contributed by atoms with Gasteiger partial charge >= 0.3 is 0 Å². The first-order chi connectivity index (χ1) is 14.2. The Hall–Kier alpha value is -2.62. The van der Waals surface area contributed by atoms with Crippen LogP contribution in [0.15, 0.2) is 54.6 Å². The van der Waals surface area contributed by atoms with Crippen molar-refractivity contribution in [2.45, 2.75) is 65.3 Å². The van der Waals surface area contributed by atoms with Gasteiger partial charge < -0.3 is 10.2 Å². The van der Waals surface area contributed by atoms with Gasteiger partial charge in [-0.15, -0.1) is 0 Å². The Kier molecular flexibility index (Phi) is 8.64. The average Bonchev–Trinajstić information content (AvgIpc) is 2.72. The first kappa shape index (κ1) is 23.7. The molecule has 1 N–H and O–H groups in total. The highest BCUT2D eigenvalue weighted by Crippen LogP contribution is 2.22. The number of nitrogens with one attached hydrogen (secondary N) is 1. The SMILES string of the molecule is CCNC(=O)[C@@H](C)N(CCc1ccccc1)C(=O)CCc1ccc(C(C)(C)C)cc1. The molecule has 2 amide bonds. The number of likely N-dealkylation sites (N-methyl/N-ethyl adjacent to an activating group) is 1. The Bertz CT molecular complexity index is 807. The third-order valence-electron chi connectivity index (χ3n) is 5.45. The number of benzene rings is 2. The number of aryl methyl sites for hydroxylation is 1. The van der Waals surface area contributed by atoms with Crippen molar-refractivity contribution >= 4 is 11.8 Å². The van der Waals surface area contributed by atoms with Gasteiger partial charge in [0.05, 0.1) is 0 Å². The lowest BCUT2D eigenvalue weighted by atomic mass is 9.86. The number of nitrogens with zero attached hydrogens (tertiary/aromatic N) is 1. The minimum absolute atomic E-state index is 0.0181. The zero-order valence-corrected chi connectivity index (χ0v) is 19.1. The lowest BCUT2D eigenvalue weighted by Gasteiger charge is -2.29. The molecule has 0 aliphatic rings. The molecule has 0 fully saturated rings. The average molecular weight is 409 g/mol. The summed E-state index contributed by atoms with van der Waals surface area (Å²) in [5.41, 5.74) is 3.71. The third-order valence-corrected chi connectivity index (χ3v) is 5.45. The summed E-state index contributed by atoms with van der Waals surface area (Å²) in [4.78, 5) is 27.2. The van der Waals surface area contributed by atoms with Crippen molar-refractivity contribution in [3.8, 4) is 0 Å². The summed E-state index contributed by atoms with van der Waals surface area (Å²) >= 11 is 0. The highest BCUT2D eigenvalue weighted by molar-refractivity contribution is 5.87. The summed E-state index contributed by atoms with van der Waals surface area (Å²) in [6.07, 6.45) is 1.80. The summed E-state index contributed by atoms with van der Waals surface area (Å²) < 4.78 is 0. The van der Waals surface area contributed by atoms with Crippen LogP contribution in [0, 0.1) is 0 Å². The van der Waals surface area contributed by atoms with Crippen molar-refractivity contribution in [2.24, 2.45) is 0 Å². The lowest BCUT2D eigenvalue weighted by Crippen LogP contribution is -2.48. The van der Waals surface area contributed by atoms with Gasteiger partial charge in [-0.3, -0.25) is 9.59 Å². The fraction of sp³-hybridized carbons (Fsp3) is 0.462. The Morgan fingerprint density at radius 1 is 0.933 bits per heavy atom. The van der Waals surface area contributed by atoms with Crippen LogP contribution >= 0.6 is 0 Å². The first-order valence-electron chi connectivity index (χ1n) is 10.9. The summed E-state index contributed by atoms with van der Waals surface area (Å²) in [7, 11) is 0. The molecule has 4 heteroatoms. The number of carbonyl (C=O) groups is 2. The molecule has 1 atom stereocenters. The van der Waals surface area contributed by atoms with Gasteiger partial charge in [-0.2, -0.15) is 0 Å². The molecule has 0 aliphatic heterocycles. The minimum atomic E-state index is -0.482. The highest BCUT2D eigenvalue weighted by Gasteiger charge is 2.25. The van der Waals surface area contributed by atoms with E-state index in [0.29, 0.717) is 25.9 Å². The van der Waals surface area contributed by atoms with E-state index < -0.39 is 6.04 Å². The Morgan fingerprint density at radius 3 is 2.10 bits per heavy atom. The number of hydrogen-bond acceptors (Lipinski definition) is 2. The van der Waals surface area contributed by atoms with E-state index in [1.54, 1.807) is 4.90 Å². The van der Waals surface area contributed by atoms with Crippen LogP contribution in [0.3, 0.4) is 0 Å². The third kappa shape index (κ3) is 7.01. The van der Waals surface area contributed by atoms with Crippen molar-refractivity contribution in [3.63, 3.8) is 0 Å². The van der Waals surface area contributed by atoms with E-state index in [-0.39, 0.29) is 17.2 Å². The Morgan fingerprint density at radius 2 is 1.53 bits per heavy atom. The largest absolute Gasteiger partial charge is 0.355 e. The second-order valence-corrected chi connectivity index (χ2v) is 8.84. The summed E-state index contributed by atoms with van der Waals surface area (Å²) in [6.45, 7) is 11.4. The molecular weight excluding hydrogens is 372 g/mol. The van der Waals surface area contributed by atoms with Crippen molar-refractivity contribution in [3.05, 3.63) is 71.3 Å². The molecule has 2 rings (SSSR count). The maximum absolute atomic E-state index is 13.1. The maximum Gasteiger partial charge on any atom is 0.242 e. The molecule has 2 aromatic rings. The molecule has 30 heavy (non-hydrogen) atoms. The van der Waals surface area contributed by atoms with E-state index in [1.165, 1.54) is 5.56 Å². The van der Waals surface area contributed by atoms with E-state index in [0.717, 1.165) is 17.5 Å². The Labute approximate surface area is 181 Å². The zero-order chi connectivity index (χ0) is 22.1. The van der Waals surface area contributed by atoms with Crippen LogP contribution in [0.5, 0.6) is 0 Å². The van der Waals surface area contributed by atoms with Gasteiger partial charge in [-0.25, -0.2) is 0 Å². The molecule has 0 spiro atoms. The Balaban J connectivity index is 2.04. The standard InChI is InChI=1S/C26H36N2O2/c1-6-27-25(30)20(2)28(19-18-21-10-8-7-9-11-21)24(29)17-14-22-12-15-23(16-13-22)26(3,4)5/h7-13,15-16,20H,6,14,17-19H2,1-5H3,(H,27,30)/t20-/m1/s1. The van der Waals surface area contributed by atoms with Crippen LogP contribution in [-0.4, -0.2) is 35.8 Å². The molecule has 0 aromatic heterocycles. The van der Waals surface area contributed by atoms with E-state index in [1.807, 2.05) is 32.0 Å². The van der Waals surface area contributed by atoms with E-state index in [9.17, 15) is 9.59 Å². The summed E-state index contributed by atoms with van der Waals surface area (Å²) in [5.74, 6) is -0.0852. The van der Waals surface area contributed by atoms with Crippen molar-refractivity contribution in [1.29, 1.82) is 0 Å². The number of amides is 2. The van der Waals surface area contributed by atoms with Gasteiger partial charge in [0.2, 0.25) is 11.8 Å². The smallest absolute Gasteiger partial charge is 0.242 e. The van der Waals surface area contributed by atoms with E-state index in [4.69, 9.17) is 0 Å². The van der Waals surface area contributed by atoms with Gasteiger partial charge in [0.15, 0.2) is 0 Å². The summed E-state index contributed by atoms with van der Waals surface area (Å²) in [5, 5.41) is 2.84. The normalized spacial score (nSPS) is 12.3. The van der Waals surface area contributed by atoms with Crippen LogP contribution in [0.2, 0.25) is 0 Å². The van der Waals surface area contributed by atoms with Crippen molar-refractivity contribution in [2.75, 3.05) is 13.1 Å². The highest BCUT2D eigenvalue weighted by atomic mass is 16.2. The van der Waals surface area contributed by atoms with Gasteiger partial charge in [0, 0.05) is 19.5 Å². The fourth-order valence-corrected chi connectivity index (χ4v) is 3.46. The molecule has 2 aromatic carbocycles. The molecule has 0 bridgehead atoms. The molecule has 0 unspecified atom stereocenters. The molecule has 0 aliphatic carbocycles. The quantitative estimate of drug-likeness (QED) is 0.663. The van der Waals surface area contributed by atoms with Crippen LogP contribution in [0.4, 0.5) is 0 Å². The van der Waals surface area contributed by atoms with E-state index in [2.05, 4.69) is 62.5 Å². The number of rotatable bonds is 9. The van der Waals surface area contributed by atoms with Crippen LogP contribution < -0.4 is 5.32 Å². The number of hydrogen-bond donors (Lipinski definition) is 1. The topological polar surface area (TPSA) is 49.4 Å². The van der Waals surface area contributed by atoms with Gasteiger partial charge in [-0.05, 0) is 48.8 Å². The molecule has 0 heterocycles. The van der Waals surface area contributed by atoms with Gasteiger partial charge in [0.1, 0.15) is 6.04 Å². The molecule has 4 nitrogen and oxygen atoms in total. The molecule has 0 saturated carbocycles. The van der Waals surface area contributed by atoms with Crippen molar-refractivity contribution < 1.29 is 9.59 Å². The monoisotopic (exact) mass is 408 g/mol.